The molecule has 11 nitrogen and oxygen atoms in total. The van der Waals surface area contributed by atoms with Crippen LogP contribution in [-0.2, 0) is 25.6 Å². The molecule has 0 saturated carbocycles. The molecule has 0 spiro atoms. The summed E-state index contributed by atoms with van der Waals surface area (Å²) in [5.74, 6) is -2.88. The van der Waals surface area contributed by atoms with Gasteiger partial charge in [-0.25, -0.2) is 4.79 Å². The summed E-state index contributed by atoms with van der Waals surface area (Å²) in [5, 5.41) is 27.1. The Morgan fingerprint density at radius 2 is 1.42 bits per heavy atom. The molecule has 38 heavy (non-hydrogen) atoms. The van der Waals surface area contributed by atoms with E-state index in [1.807, 2.05) is 27.7 Å². The number of hydrogen-bond donors (Lipinski definition) is 7. The van der Waals surface area contributed by atoms with Gasteiger partial charge in [-0.3, -0.25) is 14.4 Å². The summed E-state index contributed by atoms with van der Waals surface area (Å²) >= 11 is 0. The van der Waals surface area contributed by atoms with E-state index in [4.69, 9.17) is 11.5 Å². The molecule has 1 aromatic rings. The number of unbranched alkanes of at least 4 members (excludes halogenated alkanes) is 1. The maximum atomic E-state index is 13.3. The van der Waals surface area contributed by atoms with Crippen LogP contribution in [0, 0.1) is 11.8 Å². The zero-order valence-electron chi connectivity index (χ0n) is 22.9. The lowest BCUT2D eigenvalue weighted by Gasteiger charge is -2.27. The molecule has 5 unspecified atom stereocenters. The molecule has 0 aromatic heterocycles. The fourth-order valence-electron chi connectivity index (χ4n) is 3.86. The van der Waals surface area contributed by atoms with Crippen LogP contribution in [0.2, 0.25) is 0 Å². The van der Waals surface area contributed by atoms with Gasteiger partial charge in [0.25, 0.3) is 0 Å². The van der Waals surface area contributed by atoms with Crippen LogP contribution in [0.15, 0.2) is 24.3 Å². The van der Waals surface area contributed by atoms with E-state index in [1.165, 1.54) is 12.1 Å². The van der Waals surface area contributed by atoms with Gasteiger partial charge < -0.3 is 37.6 Å². The number of carboxylic acids is 1. The van der Waals surface area contributed by atoms with Crippen LogP contribution in [0.1, 0.15) is 65.4 Å². The maximum absolute atomic E-state index is 13.3. The Labute approximate surface area is 225 Å². The first-order valence-electron chi connectivity index (χ1n) is 13.3. The standard InChI is InChI=1S/C27H45N5O6/c1-5-17(4)23(29)26(36)30-20(8-6-7-13-28)24(34)31-21(14-16(2)3)25(35)32-22(27(37)38)15-18-9-11-19(33)12-10-18/h9-12,16-17,20-23,33H,5-8,13-15,28-29H2,1-4H3,(H,30,36)(H,31,34)(H,32,35)(H,37,38). The van der Waals surface area contributed by atoms with Gasteiger partial charge in [0.2, 0.25) is 17.7 Å². The minimum atomic E-state index is -1.24. The van der Waals surface area contributed by atoms with E-state index in [2.05, 4.69) is 16.0 Å². The average molecular weight is 536 g/mol. The molecule has 0 radical (unpaired) electrons. The van der Waals surface area contributed by atoms with Gasteiger partial charge in [0.15, 0.2) is 0 Å². The number of benzene rings is 1. The van der Waals surface area contributed by atoms with E-state index >= 15 is 0 Å². The lowest BCUT2D eigenvalue weighted by molar-refractivity contribution is -0.142. The molecule has 1 rings (SSSR count). The highest BCUT2D eigenvalue weighted by Gasteiger charge is 2.31. The Bertz CT molecular complexity index is 908. The van der Waals surface area contributed by atoms with Crippen molar-refractivity contribution in [2.75, 3.05) is 6.54 Å². The number of phenols is 1. The van der Waals surface area contributed by atoms with Crippen LogP contribution in [0.25, 0.3) is 0 Å². The Balaban J connectivity index is 3.03. The van der Waals surface area contributed by atoms with Crippen molar-refractivity contribution in [2.24, 2.45) is 23.3 Å². The van der Waals surface area contributed by atoms with E-state index in [1.54, 1.807) is 12.1 Å². The number of phenolic OH excluding ortho intramolecular Hbond substituents is 1. The lowest BCUT2D eigenvalue weighted by atomic mass is 9.98. The van der Waals surface area contributed by atoms with Crippen molar-refractivity contribution in [3.8, 4) is 5.75 Å². The fraction of sp³-hybridized carbons (Fsp3) is 0.630. The number of hydrogen-bond acceptors (Lipinski definition) is 7. The predicted octanol–water partition coefficient (Wildman–Crippen LogP) is 1.02. The second-order valence-electron chi connectivity index (χ2n) is 10.2. The second kappa shape index (κ2) is 16.6. The largest absolute Gasteiger partial charge is 0.508 e. The van der Waals surface area contributed by atoms with Gasteiger partial charge in [0.1, 0.15) is 23.9 Å². The van der Waals surface area contributed by atoms with E-state index in [9.17, 15) is 29.4 Å². The molecule has 0 aliphatic rings. The third-order valence-corrected chi connectivity index (χ3v) is 6.47. The van der Waals surface area contributed by atoms with Crippen LogP contribution in [0.3, 0.4) is 0 Å². The Hall–Kier alpha value is -3.18. The first kappa shape index (κ1) is 32.8. The molecule has 0 bridgehead atoms. The summed E-state index contributed by atoms with van der Waals surface area (Å²) < 4.78 is 0. The normalized spacial score (nSPS) is 15.1. The number of amides is 3. The number of nitrogens with one attached hydrogen (secondary N) is 3. The molecule has 0 heterocycles. The van der Waals surface area contributed by atoms with Crippen LogP contribution in [0.4, 0.5) is 0 Å². The van der Waals surface area contributed by atoms with Gasteiger partial charge in [0, 0.05) is 6.42 Å². The first-order valence-corrected chi connectivity index (χ1v) is 13.3. The van der Waals surface area contributed by atoms with Gasteiger partial charge in [0.05, 0.1) is 6.04 Å². The zero-order valence-corrected chi connectivity index (χ0v) is 22.9. The van der Waals surface area contributed by atoms with Crippen molar-refractivity contribution in [3.05, 3.63) is 29.8 Å². The summed E-state index contributed by atoms with van der Waals surface area (Å²) in [4.78, 5) is 51.0. The van der Waals surface area contributed by atoms with Gasteiger partial charge in [-0.15, -0.1) is 0 Å². The molecule has 0 aliphatic heterocycles. The summed E-state index contributed by atoms with van der Waals surface area (Å²) in [5.41, 5.74) is 12.2. The van der Waals surface area contributed by atoms with E-state index in [0.717, 1.165) is 0 Å². The molecule has 1 aromatic carbocycles. The molecule has 11 heteroatoms. The molecular formula is C27H45N5O6. The van der Waals surface area contributed by atoms with Gasteiger partial charge >= 0.3 is 5.97 Å². The quantitative estimate of drug-likeness (QED) is 0.143. The van der Waals surface area contributed by atoms with Crippen molar-refractivity contribution in [1.82, 2.24) is 16.0 Å². The third-order valence-electron chi connectivity index (χ3n) is 6.47. The van der Waals surface area contributed by atoms with Crippen molar-refractivity contribution in [3.63, 3.8) is 0 Å². The van der Waals surface area contributed by atoms with E-state index in [-0.39, 0.29) is 30.4 Å². The molecule has 5 atom stereocenters. The van der Waals surface area contributed by atoms with Gasteiger partial charge in [-0.05, 0) is 61.8 Å². The van der Waals surface area contributed by atoms with Crippen molar-refractivity contribution in [1.29, 1.82) is 0 Å². The molecule has 3 amide bonds. The molecule has 0 fully saturated rings. The number of carboxylic acid groups (broad SMARTS) is 1. The van der Waals surface area contributed by atoms with Crippen molar-refractivity contribution in [2.45, 2.75) is 90.4 Å². The Morgan fingerprint density at radius 1 is 0.868 bits per heavy atom. The van der Waals surface area contributed by atoms with Crippen LogP contribution in [-0.4, -0.2) is 64.6 Å². The zero-order chi connectivity index (χ0) is 28.8. The molecule has 214 valence electrons. The van der Waals surface area contributed by atoms with Gasteiger partial charge in [-0.1, -0.05) is 46.2 Å². The molecule has 0 aliphatic carbocycles. The van der Waals surface area contributed by atoms with Crippen molar-refractivity contribution < 1.29 is 29.4 Å². The van der Waals surface area contributed by atoms with Crippen LogP contribution < -0.4 is 27.4 Å². The highest BCUT2D eigenvalue weighted by Crippen LogP contribution is 2.13. The lowest BCUT2D eigenvalue weighted by Crippen LogP contribution is -2.58. The minimum absolute atomic E-state index is 0.00499. The Kier molecular flexibility index (Phi) is 14.4. The second-order valence-corrected chi connectivity index (χ2v) is 10.2. The number of carbonyl (C=O) groups is 4. The number of aliphatic carboxylic acids is 1. The van der Waals surface area contributed by atoms with E-state index in [0.29, 0.717) is 37.8 Å². The van der Waals surface area contributed by atoms with E-state index < -0.39 is 47.9 Å². The third kappa shape index (κ3) is 11.5. The van der Waals surface area contributed by atoms with Gasteiger partial charge in [-0.2, -0.15) is 0 Å². The van der Waals surface area contributed by atoms with Crippen molar-refractivity contribution >= 4 is 23.7 Å². The SMILES string of the molecule is CCC(C)C(N)C(=O)NC(CCCCN)C(=O)NC(CC(C)C)C(=O)NC(Cc1ccc(O)cc1)C(=O)O. The summed E-state index contributed by atoms with van der Waals surface area (Å²) in [6, 6.07) is 2.06. The number of aromatic hydroxyl groups is 1. The summed E-state index contributed by atoms with van der Waals surface area (Å²) in [7, 11) is 0. The fourth-order valence-corrected chi connectivity index (χ4v) is 3.86. The maximum Gasteiger partial charge on any atom is 0.326 e. The molecular weight excluding hydrogens is 490 g/mol. The highest BCUT2D eigenvalue weighted by atomic mass is 16.4. The van der Waals surface area contributed by atoms with Crippen LogP contribution in [0.5, 0.6) is 5.75 Å². The number of nitrogens with two attached hydrogens (primary N) is 2. The molecule has 9 N–H and O–H groups in total. The molecule has 0 saturated heterocycles. The smallest absolute Gasteiger partial charge is 0.326 e. The highest BCUT2D eigenvalue weighted by molar-refractivity contribution is 5.94. The van der Waals surface area contributed by atoms with Crippen LogP contribution >= 0.6 is 0 Å². The minimum Gasteiger partial charge on any atom is -0.508 e. The summed E-state index contributed by atoms with van der Waals surface area (Å²) in [6.07, 6.45) is 2.52. The Morgan fingerprint density at radius 3 is 1.95 bits per heavy atom. The predicted molar refractivity (Wildman–Crippen MR) is 145 cm³/mol. The topological polar surface area (TPSA) is 197 Å². The summed E-state index contributed by atoms with van der Waals surface area (Å²) in [6.45, 7) is 7.97. The number of carbonyl (C=O) groups excluding carboxylic acids is 3. The average Bonchev–Trinajstić information content (AvgIpc) is 2.87. The monoisotopic (exact) mass is 535 g/mol. The first-order chi connectivity index (χ1) is 17.9. The number of rotatable bonds is 17.